The molecule has 0 N–H and O–H groups in total. The molecule has 4 fully saturated rings. The number of likely N-dealkylation sites (tertiary alicyclic amines) is 1. The molecule has 1 aromatic carbocycles. The van der Waals surface area contributed by atoms with Gasteiger partial charge in [-0.05, 0) is 81.4 Å². The Morgan fingerprint density at radius 3 is 2.56 bits per heavy atom. The molecule has 6 nitrogen and oxygen atoms in total. The maximum atomic E-state index is 7.30. The van der Waals surface area contributed by atoms with E-state index in [4.69, 9.17) is 23.7 Å². The van der Waals surface area contributed by atoms with Gasteiger partial charge < -0.3 is 23.7 Å². The first-order valence-electron chi connectivity index (χ1n) is 14.5. The predicted molar refractivity (Wildman–Crippen MR) is 137 cm³/mol. The molecule has 4 atom stereocenters. The molecule has 2 aliphatic heterocycles. The van der Waals surface area contributed by atoms with Crippen molar-refractivity contribution in [1.82, 2.24) is 4.90 Å². The highest BCUT2D eigenvalue weighted by molar-refractivity contribution is 5.63. The summed E-state index contributed by atoms with van der Waals surface area (Å²) in [5.41, 5.74) is 2.19. The van der Waals surface area contributed by atoms with E-state index >= 15 is 0 Å². The topological polar surface area (TPSA) is 49.4 Å². The van der Waals surface area contributed by atoms with Gasteiger partial charge in [-0.2, -0.15) is 0 Å². The Labute approximate surface area is 215 Å². The zero-order valence-corrected chi connectivity index (χ0v) is 22.4. The number of hydrogen-bond donors (Lipinski definition) is 0. The van der Waals surface area contributed by atoms with Gasteiger partial charge in [0.05, 0.1) is 24.2 Å². The summed E-state index contributed by atoms with van der Waals surface area (Å²) in [6.07, 6.45) is 11.0. The molecule has 2 heterocycles. The second-order valence-corrected chi connectivity index (χ2v) is 12.4. The van der Waals surface area contributed by atoms with Crippen LogP contribution in [0.5, 0.6) is 11.5 Å². The summed E-state index contributed by atoms with van der Waals surface area (Å²) < 4.78 is 33.2. The van der Waals surface area contributed by atoms with Crippen LogP contribution in [0.4, 0.5) is 0 Å². The number of unbranched alkanes of at least 4 members (excludes halogenated alkanes) is 1. The molecule has 36 heavy (non-hydrogen) atoms. The largest absolute Gasteiger partial charge is 0.490 e. The molecule has 2 bridgehead atoms. The third-order valence-corrected chi connectivity index (χ3v) is 10.4. The number of ether oxygens (including phenoxy) is 5. The molecule has 6 aliphatic rings. The molecular formula is C30H43NO5. The quantitative estimate of drug-likeness (QED) is 0.322. The first kappa shape index (κ1) is 23.8. The van der Waals surface area contributed by atoms with E-state index in [0.717, 1.165) is 75.0 Å². The average Bonchev–Trinajstić information content (AvgIpc) is 3.83. The van der Waals surface area contributed by atoms with Crippen molar-refractivity contribution in [2.75, 3.05) is 40.5 Å². The normalized spacial score (nSPS) is 35.9. The lowest BCUT2D eigenvalue weighted by atomic mass is 9.47. The number of piperidine rings is 1. The number of benzene rings is 1. The van der Waals surface area contributed by atoms with Gasteiger partial charge in [-0.3, -0.25) is 4.90 Å². The van der Waals surface area contributed by atoms with Crippen molar-refractivity contribution in [2.24, 2.45) is 11.8 Å². The lowest BCUT2D eigenvalue weighted by Gasteiger charge is -2.67. The SMILES string of the molecule is CCCCOc1ccc2c3c1O[C@H]1C(OC)(OC)CC[C@@]4(OCC5CC5)[C@@H](C2)N(CC2CC2)CC[C@]314. The van der Waals surface area contributed by atoms with Gasteiger partial charge in [-0.25, -0.2) is 0 Å². The van der Waals surface area contributed by atoms with Crippen molar-refractivity contribution in [3.05, 3.63) is 23.3 Å². The molecule has 1 saturated heterocycles. The highest BCUT2D eigenvalue weighted by Crippen LogP contribution is 2.69. The Hall–Kier alpha value is -1.34. The Bertz CT molecular complexity index is 1000. The van der Waals surface area contributed by atoms with Crippen LogP contribution in [-0.2, 0) is 26.0 Å². The second-order valence-electron chi connectivity index (χ2n) is 12.4. The van der Waals surface area contributed by atoms with Crippen LogP contribution in [0.15, 0.2) is 12.1 Å². The molecule has 4 aliphatic carbocycles. The molecule has 0 radical (unpaired) electrons. The van der Waals surface area contributed by atoms with E-state index in [1.807, 2.05) is 0 Å². The van der Waals surface area contributed by atoms with Gasteiger partial charge in [0.2, 0.25) is 5.79 Å². The Kier molecular flexibility index (Phi) is 5.67. The monoisotopic (exact) mass is 497 g/mol. The van der Waals surface area contributed by atoms with Crippen molar-refractivity contribution in [1.29, 1.82) is 0 Å². The molecule has 3 saturated carbocycles. The third kappa shape index (κ3) is 3.23. The van der Waals surface area contributed by atoms with Crippen LogP contribution in [0.1, 0.15) is 75.8 Å². The lowest BCUT2D eigenvalue weighted by molar-refractivity contribution is -0.327. The first-order valence-corrected chi connectivity index (χ1v) is 14.5. The van der Waals surface area contributed by atoms with Crippen LogP contribution in [0, 0.1) is 11.8 Å². The predicted octanol–water partition coefficient (Wildman–Crippen LogP) is 4.85. The number of hydrogen-bond acceptors (Lipinski definition) is 6. The fourth-order valence-corrected chi connectivity index (χ4v) is 8.19. The maximum absolute atomic E-state index is 7.30. The minimum absolute atomic E-state index is 0.247. The van der Waals surface area contributed by atoms with Crippen LogP contribution in [0.2, 0.25) is 0 Å². The number of rotatable bonds is 11. The van der Waals surface area contributed by atoms with Gasteiger partial charge in [-0.1, -0.05) is 19.4 Å². The molecule has 0 unspecified atom stereocenters. The summed E-state index contributed by atoms with van der Waals surface area (Å²) in [6, 6.07) is 4.84. The van der Waals surface area contributed by atoms with E-state index in [9.17, 15) is 0 Å². The Morgan fingerprint density at radius 1 is 1.03 bits per heavy atom. The van der Waals surface area contributed by atoms with Gasteiger partial charge in [-0.15, -0.1) is 0 Å². The summed E-state index contributed by atoms with van der Waals surface area (Å²) in [5.74, 6) is 2.60. The van der Waals surface area contributed by atoms with Crippen molar-refractivity contribution < 1.29 is 23.7 Å². The molecule has 1 spiro atoms. The van der Waals surface area contributed by atoms with Gasteiger partial charge in [0.15, 0.2) is 17.6 Å². The minimum Gasteiger partial charge on any atom is -0.490 e. The van der Waals surface area contributed by atoms with E-state index < -0.39 is 5.79 Å². The van der Waals surface area contributed by atoms with E-state index in [1.165, 1.54) is 43.4 Å². The zero-order valence-electron chi connectivity index (χ0n) is 22.4. The molecule has 6 heteroatoms. The molecule has 1 aromatic rings. The summed E-state index contributed by atoms with van der Waals surface area (Å²) in [5, 5.41) is 0. The Morgan fingerprint density at radius 2 is 1.83 bits per heavy atom. The van der Waals surface area contributed by atoms with Crippen LogP contribution in [0.3, 0.4) is 0 Å². The van der Waals surface area contributed by atoms with Gasteiger partial charge in [0.1, 0.15) is 0 Å². The van der Waals surface area contributed by atoms with E-state index in [-0.39, 0.29) is 17.1 Å². The molecule has 7 rings (SSSR count). The van der Waals surface area contributed by atoms with Crippen LogP contribution in [-0.4, -0.2) is 69.0 Å². The van der Waals surface area contributed by atoms with Crippen LogP contribution >= 0.6 is 0 Å². The van der Waals surface area contributed by atoms with E-state index in [1.54, 1.807) is 14.2 Å². The standard InChI is InChI=1S/C30H43NO5/c1-4-5-16-34-23-11-10-22-17-24-29(35-19-21-8-9-21)12-13-30(32-2,33-3)27-28(29,25(22)26(23)36-27)14-15-31(24)18-20-6-7-20/h10-11,20-21,24,27H,4-9,12-19H2,1-3H3/t24-,27-,28+,29-/m1/s1. The molecule has 0 aromatic heterocycles. The van der Waals surface area contributed by atoms with Crippen molar-refractivity contribution in [2.45, 2.75) is 100 Å². The summed E-state index contributed by atoms with van der Waals surface area (Å²) >= 11 is 0. The van der Waals surface area contributed by atoms with Crippen LogP contribution in [0.25, 0.3) is 0 Å². The second kappa shape index (κ2) is 8.59. The van der Waals surface area contributed by atoms with Gasteiger partial charge in [0, 0.05) is 38.8 Å². The highest BCUT2D eigenvalue weighted by atomic mass is 16.7. The van der Waals surface area contributed by atoms with Crippen molar-refractivity contribution in [3.8, 4) is 11.5 Å². The third-order valence-electron chi connectivity index (χ3n) is 10.4. The summed E-state index contributed by atoms with van der Waals surface area (Å²) in [7, 11) is 3.57. The first-order chi connectivity index (χ1) is 17.6. The van der Waals surface area contributed by atoms with E-state index in [2.05, 4.69) is 24.0 Å². The highest BCUT2D eigenvalue weighted by Gasteiger charge is 2.77. The van der Waals surface area contributed by atoms with Gasteiger partial charge >= 0.3 is 0 Å². The zero-order chi connectivity index (χ0) is 24.5. The molecule has 198 valence electrons. The van der Waals surface area contributed by atoms with Crippen LogP contribution < -0.4 is 9.47 Å². The smallest absolute Gasteiger partial charge is 0.206 e. The summed E-state index contributed by atoms with van der Waals surface area (Å²) in [4.78, 5) is 2.80. The molecular weight excluding hydrogens is 454 g/mol. The van der Waals surface area contributed by atoms with Crippen molar-refractivity contribution >= 4 is 0 Å². The fourth-order valence-electron chi connectivity index (χ4n) is 8.19. The number of nitrogens with zero attached hydrogens (tertiary/aromatic N) is 1. The lowest BCUT2D eigenvalue weighted by Crippen LogP contribution is -2.80. The Balaban J connectivity index is 1.39. The molecule has 0 amide bonds. The van der Waals surface area contributed by atoms with E-state index in [0.29, 0.717) is 12.6 Å². The average molecular weight is 498 g/mol. The van der Waals surface area contributed by atoms with Gasteiger partial charge in [0.25, 0.3) is 0 Å². The number of methoxy groups -OCH3 is 2. The minimum atomic E-state index is -0.788. The maximum Gasteiger partial charge on any atom is 0.206 e. The van der Waals surface area contributed by atoms with Crippen molar-refractivity contribution in [3.63, 3.8) is 0 Å². The summed E-state index contributed by atoms with van der Waals surface area (Å²) in [6.45, 7) is 6.07. The fraction of sp³-hybridized carbons (Fsp3) is 0.800.